The maximum Gasteiger partial charge on any atom is 0.131 e. The third-order valence-corrected chi connectivity index (χ3v) is 3.38. The molecule has 20 heavy (non-hydrogen) atoms. The molecule has 0 aliphatic carbocycles. The lowest BCUT2D eigenvalue weighted by molar-refractivity contribution is 0.324. The summed E-state index contributed by atoms with van der Waals surface area (Å²) in [5, 5.41) is 5.77. The highest BCUT2D eigenvalue weighted by Crippen LogP contribution is 2.33. The second-order valence-corrected chi connectivity index (χ2v) is 4.79. The Morgan fingerprint density at radius 2 is 2.05 bits per heavy atom. The van der Waals surface area contributed by atoms with Crippen molar-refractivity contribution in [2.45, 2.75) is 26.3 Å². The van der Waals surface area contributed by atoms with Gasteiger partial charge in [0.25, 0.3) is 0 Å². The fraction of sp³-hybridized carbons (Fsp3) is 0.333. The lowest BCUT2D eigenvalue weighted by atomic mass is 10.0. The molecule has 0 aromatic heterocycles. The van der Waals surface area contributed by atoms with E-state index in [0.29, 0.717) is 13.0 Å². The molecule has 2 aromatic rings. The maximum absolute atomic E-state index is 5.98. The second-order valence-electron chi connectivity index (χ2n) is 4.79. The molecule has 0 saturated heterocycles. The maximum atomic E-state index is 5.98. The molecule has 2 nitrogen and oxygen atoms in total. The van der Waals surface area contributed by atoms with Gasteiger partial charge in [0.05, 0.1) is 6.61 Å². The summed E-state index contributed by atoms with van der Waals surface area (Å²) >= 11 is 0. The van der Waals surface area contributed by atoms with Gasteiger partial charge in [-0.05, 0) is 18.9 Å². The van der Waals surface area contributed by atoms with Gasteiger partial charge in [-0.15, -0.1) is 12.3 Å². The molecule has 2 aromatic carbocycles. The van der Waals surface area contributed by atoms with E-state index in [4.69, 9.17) is 11.2 Å². The van der Waals surface area contributed by atoms with Crippen molar-refractivity contribution >= 4 is 10.8 Å². The molecule has 2 rings (SSSR count). The third-order valence-electron chi connectivity index (χ3n) is 3.38. The van der Waals surface area contributed by atoms with Crippen molar-refractivity contribution in [2.75, 3.05) is 13.2 Å². The van der Waals surface area contributed by atoms with Crippen LogP contribution in [-0.4, -0.2) is 13.2 Å². The molecule has 0 aliphatic heterocycles. The van der Waals surface area contributed by atoms with Crippen molar-refractivity contribution in [2.24, 2.45) is 0 Å². The number of hydrogen-bond acceptors (Lipinski definition) is 2. The summed E-state index contributed by atoms with van der Waals surface area (Å²) in [5.74, 6) is 3.57. The number of fused-ring (bicyclic) bond motifs is 1. The van der Waals surface area contributed by atoms with Crippen LogP contribution in [0.1, 0.15) is 31.9 Å². The fourth-order valence-corrected chi connectivity index (χ4v) is 2.39. The van der Waals surface area contributed by atoms with E-state index in [2.05, 4.69) is 49.4 Å². The summed E-state index contributed by atoms with van der Waals surface area (Å²) in [6.07, 6.45) is 5.93. The molecule has 2 heteroatoms. The summed E-state index contributed by atoms with van der Waals surface area (Å²) in [5.41, 5.74) is 1.18. The van der Waals surface area contributed by atoms with Gasteiger partial charge in [0, 0.05) is 23.4 Å². The smallest absolute Gasteiger partial charge is 0.131 e. The van der Waals surface area contributed by atoms with Crippen molar-refractivity contribution in [3.8, 4) is 18.1 Å². The van der Waals surface area contributed by atoms with Crippen LogP contribution in [0.4, 0.5) is 0 Å². The SMILES string of the molecule is C#CCCOc1c(C(C)NCC)ccc2ccccc12. The predicted molar refractivity (Wildman–Crippen MR) is 85.0 cm³/mol. The first-order chi connectivity index (χ1) is 9.77. The normalized spacial score (nSPS) is 12.1. The first kappa shape index (κ1) is 14.4. The van der Waals surface area contributed by atoms with Crippen molar-refractivity contribution in [1.82, 2.24) is 5.32 Å². The second kappa shape index (κ2) is 6.98. The van der Waals surface area contributed by atoms with Gasteiger partial charge in [0.15, 0.2) is 0 Å². The predicted octanol–water partition coefficient (Wildman–Crippen LogP) is 3.91. The van der Waals surface area contributed by atoms with Crippen molar-refractivity contribution in [3.63, 3.8) is 0 Å². The zero-order chi connectivity index (χ0) is 14.4. The van der Waals surface area contributed by atoms with E-state index in [1.54, 1.807) is 0 Å². The van der Waals surface area contributed by atoms with Gasteiger partial charge in [0.2, 0.25) is 0 Å². The highest BCUT2D eigenvalue weighted by molar-refractivity contribution is 5.89. The van der Waals surface area contributed by atoms with Crippen molar-refractivity contribution in [3.05, 3.63) is 42.0 Å². The molecule has 0 heterocycles. The molecule has 0 bridgehead atoms. The van der Waals surface area contributed by atoms with Crippen LogP contribution in [0.5, 0.6) is 5.75 Å². The first-order valence-corrected chi connectivity index (χ1v) is 7.09. The van der Waals surface area contributed by atoms with Crippen LogP contribution < -0.4 is 10.1 Å². The molecule has 1 unspecified atom stereocenters. The summed E-state index contributed by atoms with van der Waals surface area (Å²) in [6.45, 7) is 5.74. The number of nitrogens with one attached hydrogen (secondary N) is 1. The number of terminal acetylenes is 1. The number of hydrogen-bond donors (Lipinski definition) is 1. The van der Waals surface area contributed by atoms with Crippen LogP contribution in [-0.2, 0) is 0 Å². The number of benzene rings is 2. The van der Waals surface area contributed by atoms with Crippen molar-refractivity contribution in [1.29, 1.82) is 0 Å². The topological polar surface area (TPSA) is 21.3 Å². The summed E-state index contributed by atoms with van der Waals surface area (Å²) < 4.78 is 5.98. The Labute approximate surface area is 121 Å². The minimum absolute atomic E-state index is 0.255. The third kappa shape index (κ3) is 3.12. The van der Waals surface area contributed by atoms with E-state index in [0.717, 1.165) is 17.7 Å². The van der Waals surface area contributed by atoms with E-state index in [1.165, 1.54) is 10.9 Å². The molecule has 0 saturated carbocycles. The van der Waals surface area contributed by atoms with Crippen LogP contribution >= 0.6 is 0 Å². The zero-order valence-electron chi connectivity index (χ0n) is 12.1. The highest BCUT2D eigenvalue weighted by atomic mass is 16.5. The number of ether oxygens (including phenoxy) is 1. The van der Waals surface area contributed by atoms with Crippen LogP contribution in [0.15, 0.2) is 36.4 Å². The Morgan fingerprint density at radius 1 is 1.25 bits per heavy atom. The molecule has 0 spiro atoms. The largest absolute Gasteiger partial charge is 0.492 e. The highest BCUT2D eigenvalue weighted by Gasteiger charge is 2.13. The Kier molecular flexibility index (Phi) is 5.03. The summed E-state index contributed by atoms with van der Waals surface area (Å²) in [7, 11) is 0. The molecular weight excluding hydrogens is 246 g/mol. The Balaban J connectivity index is 2.44. The minimum atomic E-state index is 0.255. The van der Waals surface area contributed by atoms with Crippen LogP contribution in [0.2, 0.25) is 0 Å². The van der Waals surface area contributed by atoms with Gasteiger partial charge >= 0.3 is 0 Å². The molecular formula is C18H21NO. The molecule has 0 aliphatic rings. The monoisotopic (exact) mass is 267 g/mol. The molecule has 1 atom stereocenters. The first-order valence-electron chi connectivity index (χ1n) is 7.09. The summed E-state index contributed by atoms with van der Waals surface area (Å²) in [6, 6.07) is 12.8. The van der Waals surface area contributed by atoms with E-state index in [9.17, 15) is 0 Å². The number of rotatable bonds is 6. The van der Waals surface area contributed by atoms with Gasteiger partial charge < -0.3 is 10.1 Å². The molecule has 104 valence electrons. The average molecular weight is 267 g/mol. The van der Waals surface area contributed by atoms with Crippen LogP contribution in [0.3, 0.4) is 0 Å². The van der Waals surface area contributed by atoms with Gasteiger partial charge in [-0.1, -0.05) is 43.3 Å². The van der Waals surface area contributed by atoms with E-state index < -0.39 is 0 Å². The molecule has 1 N–H and O–H groups in total. The van der Waals surface area contributed by atoms with E-state index >= 15 is 0 Å². The zero-order valence-corrected chi connectivity index (χ0v) is 12.1. The molecule has 0 amide bonds. The Bertz CT molecular complexity index is 612. The minimum Gasteiger partial charge on any atom is -0.492 e. The molecule has 0 fully saturated rings. The molecule has 0 radical (unpaired) electrons. The van der Waals surface area contributed by atoms with Gasteiger partial charge in [-0.3, -0.25) is 0 Å². The Morgan fingerprint density at radius 3 is 2.80 bits per heavy atom. The van der Waals surface area contributed by atoms with E-state index in [-0.39, 0.29) is 6.04 Å². The standard InChI is InChI=1S/C18H21NO/c1-4-6-13-20-18-16(14(3)19-5-2)12-11-15-9-7-8-10-17(15)18/h1,7-12,14,19H,5-6,13H2,2-3H3. The van der Waals surface area contributed by atoms with Gasteiger partial charge in [-0.2, -0.15) is 0 Å². The van der Waals surface area contributed by atoms with E-state index in [1.807, 2.05) is 12.1 Å². The summed E-state index contributed by atoms with van der Waals surface area (Å²) in [4.78, 5) is 0. The quantitative estimate of drug-likeness (QED) is 0.633. The Hall–Kier alpha value is -1.98. The lowest BCUT2D eigenvalue weighted by Crippen LogP contribution is -2.18. The average Bonchev–Trinajstić information content (AvgIpc) is 2.47. The van der Waals surface area contributed by atoms with Crippen LogP contribution in [0, 0.1) is 12.3 Å². The van der Waals surface area contributed by atoms with Gasteiger partial charge in [-0.25, -0.2) is 0 Å². The fourth-order valence-electron chi connectivity index (χ4n) is 2.39. The van der Waals surface area contributed by atoms with Crippen LogP contribution in [0.25, 0.3) is 10.8 Å². The van der Waals surface area contributed by atoms with Gasteiger partial charge in [0.1, 0.15) is 5.75 Å². The lowest BCUT2D eigenvalue weighted by Gasteiger charge is -2.19. The van der Waals surface area contributed by atoms with Crippen molar-refractivity contribution < 1.29 is 4.74 Å².